The lowest BCUT2D eigenvalue weighted by molar-refractivity contribution is -0.135. The van der Waals surface area contributed by atoms with Crippen molar-refractivity contribution in [1.82, 2.24) is 10.1 Å². The quantitative estimate of drug-likeness (QED) is 0.825. The van der Waals surface area contributed by atoms with Gasteiger partial charge in [-0.1, -0.05) is 12.1 Å². The summed E-state index contributed by atoms with van der Waals surface area (Å²) in [6.07, 6.45) is 3.07. The molecule has 116 valence electrons. The monoisotopic (exact) mass is 294 g/mol. The van der Waals surface area contributed by atoms with E-state index in [0.717, 1.165) is 18.5 Å². The van der Waals surface area contributed by atoms with Gasteiger partial charge in [0.25, 0.3) is 0 Å². The minimum Gasteiger partial charge on any atom is -0.387 e. The lowest BCUT2D eigenvalue weighted by atomic mass is 9.90. The molecule has 21 heavy (non-hydrogen) atoms. The second-order valence-electron chi connectivity index (χ2n) is 5.52. The second kappa shape index (κ2) is 6.85. The first-order valence-corrected chi connectivity index (χ1v) is 7.43. The SMILES string of the molecule is CCc1noc(CC2CCN(C(=O)CO)CC2)c1C(C)=O. The number of rotatable bonds is 5. The van der Waals surface area contributed by atoms with Crippen LogP contribution in [0.25, 0.3) is 0 Å². The molecule has 0 atom stereocenters. The number of likely N-dealkylation sites (tertiary alicyclic amines) is 1. The number of aromatic nitrogens is 1. The summed E-state index contributed by atoms with van der Waals surface area (Å²) in [7, 11) is 0. The van der Waals surface area contributed by atoms with Crippen molar-refractivity contribution in [3.8, 4) is 0 Å². The van der Waals surface area contributed by atoms with Crippen LogP contribution in [0.1, 0.15) is 48.5 Å². The van der Waals surface area contributed by atoms with E-state index in [4.69, 9.17) is 9.63 Å². The standard InChI is InChI=1S/C15H22N2O4/c1-3-12-15(10(2)19)13(21-16-12)8-11-4-6-17(7-5-11)14(20)9-18/h11,18H,3-9H2,1-2H3. The molecule has 0 aliphatic carbocycles. The average molecular weight is 294 g/mol. The van der Waals surface area contributed by atoms with Gasteiger partial charge in [0.05, 0.1) is 11.3 Å². The third kappa shape index (κ3) is 3.50. The number of ketones is 1. The van der Waals surface area contributed by atoms with Gasteiger partial charge < -0.3 is 14.5 Å². The average Bonchev–Trinajstić information content (AvgIpc) is 2.90. The van der Waals surface area contributed by atoms with Crippen molar-refractivity contribution in [3.05, 3.63) is 17.0 Å². The Balaban J connectivity index is 1.99. The lowest BCUT2D eigenvalue weighted by Gasteiger charge is -2.31. The normalized spacial score (nSPS) is 16.2. The van der Waals surface area contributed by atoms with Crippen LogP contribution in [0.3, 0.4) is 0 Å². The number of amides is 1. The molecule has 2 rings (SSSR count). The van der Waals surface area contributed by atoms with Crippen molar-refractivity contribution in [2.45, 2.75) is 39.5 Å². The summed E-state index contributed by atoms with van der Waals surface area (Å²) in [4.78, 5) is 24.8. The third-order valence-corrected chi connectivity index (χ3v) is 4.10. The molecule has 0 saturated carbocycles. The molecule has 0 bridgehead atoms. The molecule has 1 aliphatic heterocycles. The molecular weight excluding hydrogens is 272 g/mol. The van der Waals surface area contributed by atoms with Crippen LogP contribution in [0.15, 0.2) is 4.52 Å². The number of Topliss-reactive ketones (excluding diaryl/α,β-unsaturated/α-hetero) is 1. The first-order valence-electron chi connectivity index (χ1n) is 7.43. The number of carbonyl (C=O) groups is 2. The first kappa shape index (κ1) is 15.7. The van der Waals surface area contributed by atoms with Gasteiger partial charge in [0.2, 0.25) is 5.91 Å². The lowest BCUT2D eigenvalue weighted by Crippen LogP contribution is -2.40. The summed E-state index contributed by atoms with van der Waals surface area (Å²) >= 11 is 0. The maximum Gasteiger partial charge on any atom is 0.248 e. The number of aryl methyl sites for hydroxylation is 1. The van der Waals surface area contributed by atoms with Crippen LogP contribution in [0.4, 0.5) is 0 Å². The molecule has 1 amide bonds. The predicted molar refractivity (Wildman–Crippen MR) is 76.0 cm³/mol. The molecule has 1 aliphatic rings. The summed E-state index contributed by atoms with van der Waals surface area (Å²) in [6.45, 7) is 4.36. The summed E-state index contributed by atoms with van der Waals surface area (Å²) in [6, 6.07) is 0. The Bertz CT molecular complexity index is 516. The van der Waals surface area contributed by atoms with E-state index < -0.39 is 6.61 Å². The molecule has 1 aromatic rings. The van der Waals surface area contributed by atoms with Gasteiger partial charge in [0.15, 0.2) is 5.78 Å². The molecule has 6 heteroatoms. The zero-order valence-corrected chi connectivity index (χ0v) is 12.6. The van der Waals surface area contributed by atoms with Gasteiger partial charge in [0.1, 0.15) is 12.4 Å². The molecule has 2 heterocycles. The summed E-state index contributed by atoms with van der Waals surface area (Å²) in [5.41, 5.74) is 1.36. The van der Waals surface area contributed by atoms with Gasteiger partial charge in [-0.25, -0.2) is 0 Å². The Hall–Kier alpha value is -1.69. The fourth-order valence-electron chi connectivity index (χ4n) is 2.89. The summed E-state index contributed by atoms with van der Waals surface area (Å²) in [5, 5.41) is 12.8. The largest absolute Gasteiger partial charge is 0.387 e. The third-order valence-electron chi connectivity index (χ3n) is 4.10. The molecule has 6 nitrogen and oxygen atoms in total. The fourth-order valence-corrected chi connectivity index (χ4v) is 2.89. The molecule has 0 aromatic carbocycles. The van der Waals surface area contributed by atoms with Crippen LogP contribution in [-0.2, 0) is 17.6 Å². The van der Waals surface area contributed by atoms with E-state index in [1.165, 1.54) is 6.92 Å². The highest BCUT2D eigenvalue weighted by Crippen LogP contribution is 2.25. The van der Waals surface area contributed by atoms with E-state index in [1.807, 2.05) is 6.92 Å². The maximum atomic E-state index is 11.7. The number of hydrogen-bond donors (Lipinski definition) is 1. The van der Waals surface area contributed by atoms with E-state index in [0.29, 0.717) is 43.2 Å². The molecule has 1 aromatic heterocycles. The highest BCUT2D eigenvalue weighted by molar-refractivity contribution is 5.96. The van der Waals surface area contributed by atoms with Crippen LogP contribution in [0, 0.1) is 5.92 Å². The fraction of sp³-hybridized carbons (Fsp3) is 0.667. The Morgan fingerprint density at radius 3 is 2.57 bits per heavy atom. The minimum atomic E-state index is -0.429. The highest BCUT2D eigenvalue weighted by Gasteiger charge is 2.26. The predicted octanol–water partition coefficient (Wildman–Crippen LogP) is 1.21. The molecule has 1 saturated heterocycles. The Morgan fingerprint density at radius 2 is 2.05 bits per heavy atom. The number of hydrogen-bond acceptors (Lipinski definition) is 5. The van der Waals surface area contributed by atoms with E-state index in [9.17, 15) is 9.59 Å². The van der Waals surface area contributed by atoms with Crippen molar-refractivity contribution in [3.63, 3.8) is 0 Å². The van der Waals surface area contributed by atoms with Gasteiger partial charge in [-0.05, 0) is 32.1 Å². The zero-order chi connectivity index (χ0) is 15.4. The molecule has 1 fully saturated rings. The molecule has 0 spiro atoms. The molecule has 0 unspecified atom stereocenters. The number of aliphatic hydroxyl groups excluding tert-OH is 1. The summed E-state index contributed by atoms with van der Waals surface area (Å²) < 4.78 is 5.35. The van der Waals surface area contributed by atoms with Gasteiger partial charge in [-0.15, -0.1) is 0 Å². The van der Waals surface area contributed by atoms with Crippen molar-refractivity contribution in [2.75, 3.05) is 19.7 Å². The maximum absolute atomic E-state index is 11.7. The van der Waals surface area contributed by atoms with E-state index in [2.05, 4.69) is 5.16 Å². The number of carbonyl (C=O) groups excluding carboxylic acids is 2. The topological polar surface area (TPSA) is 83.6 Å². The summed E-state index contributed by atoms with van der Waals surface area (Å²) in [5.74, 6) is 0.830. The smallest absolute Gasteiger partial charge is 0.248 e. The van der Waals surface area contributed by atoms with Gasteiger partial charge in [-0.2, -0.15) is 0 Å². The Labute approximate surface area is 124 Å². The molecule has 1 N–H and O–H groups in total. The van der Waals surface area contributed by atoms with E-state index in [-0.39, 0.29) is 11.7 Å². The van der Waals surface area contributed by atoms with Crippen LogP contribution in [0.2, 0.25) is 0 Å². The Morgan fingerprint density at radius 1 is 1.38 bits per heavy atom. The van der Waals surface area contributed by atoms with Crippen molar-refractivity contribution in [1.29, 1.82) is 0 Å². The number of aliphatic hydroxyl groups is 1. The second-order valence-corrected chi connectivity index (χ2v) is 5.52. The van der Waals surface area contributed by atoms with Crippen LogP contribution in [0.5, 0.6) is 0 Å². The molecular formula is C15H22N2O4. The van der Waals surface area contributed by atoms with Gasteiger partial charge in [-0.3, -0.25) is 9.59 Å². The van der Waals surface area contributed by atoms with E-state index in [1.54, 1.807) is 4.90 Å². The van der Waals surface area contributed by atoms with Crippen LogP contribution in [-0.4, -0.2) is 46.5 Å². The number of nitrogens with zero attached hydrogens (tertiary/aromatic N) is 2. The van der Waals surface area contributed by atoms with Gasteiger partial charge >= 0.3 is 0 Å². The first-order chi connectivity index (χ1) is 10.1. The van der Waals surface area contributed by atoms with Crippen molar-refractivity contribution in [2.24, 2.45) is 5.92 Å². The molecule has 0 radical (unpaired) electrons. The van der Waals surface area contributed by atoms with Gasteiger partial charge in [0, 0.05) is 19.5 Å². The van der Waals surface area contributed by atoms with Crippen LogP contribution >= 0.6 is 0 Å². The van der Waals surface area contributed by atoms with E-state index >= 15 is 0 Å². The van der Waals surface area contributed by atoms with Crippen molar-refractivity contribution < 1.29 is 19.2 Å². The van der Waals surface area contributed by atoms with Crippen molar-refractivity contribution >= 4 is 11.7 Å². The minimum absolute atomic E-state index is 0.00371. The van der Waals surface area contributed by atoms with Crippen LogP contribution < -0.4 is 0 Å². The highest BCUT2D eigenvalue weighted by atomic mass is 16.5. The Kier molecular flexibility index (Phi) is 5.12. The zero-order valence-electron chi connectivity index (χ0n) is 12.6. The number of piperidine rings is 1.